The molecule has 0 saturated carbocycles. The quantitative estimate of drug-likeness (QED) is 0.0327. The summed E-state index contributed by atoms with van der Waals surface area (Å²) < 4.78 is 34.8. The predicted octanol–water partition coefficient (Wildman–Crippen LogP) is 1.19. The number of hydrogen-bond acceptors (Lipinski definition) is 26. The molecule has 5 amide bonds. The van der Waals surface area contributed by atoms with Crippen molar-refractivity contribution in [1.82, 2.24) is 41.3 Å². The van der Waals surface area contributed by atoms with Crippen LogP contribution in [0.2, 0.25) is 0 Å². The normalized spacial score (nSPS) is 13.7. The van der Waals surface area contributed by atoms with E-state index in [2.05, 4.69) is 60.8 Å². The van der Waals surface area contributed by atoms with Crippen LogP contribution < -0.4 is 31.5 Å². The van der Waals surface area contributed by atoms with Crippen molar-refractivity contribution in [3.05, 3.63) is 76.8 Å². The molecule has 2 aromatic rings. The second-order valence-corrected chi connectivity index (χ2v) is 27.3. The van der Waals surface area contributed by atoms with Crippen LogP contribution in [0.15, 0.2) is 75.6 Å². The maximum atomic E-state index is 13.9. The molecule has 39 nitrogen and oxygen atoms in total. The van der Waals surface area contributed by atoms with Crippen LogP contribution in [-0.2, 0) is 95.5 Å². The molecule has 2 aromatic carbocycles. The highest BCUT2D eigenvalue weighted by atomic mass is 32.2. The molecule has 0 aliphatic carbocycles. The summed E-state index contributed by atoms with van der Waals surface area (Å²) in [7, 11) is 2.03. The molecule has 0 saturated heterocycles. The highest BCUT2D eigenvalue weighted by molar-refractivity contribution is 8.03. The molecule has 3 atom stereocenters. The van der Waals surface area contributed by atoms with E-state index in [9.17, 15) is 113 Å². The SMILES string of the molecule is Cc1ccccc1C(=C\C=N\CCC(=O)NCCOCCOCCOCCC(=O)NC(COCCC(=O)NCCCCC(C(=O)O)N(CC(=O)O)CC(=O)O)(COCCC(=O)NCCCCC(C(=O)O)N(CC(=O)O)CC(=O)O)COCCC(=O)NCCCCC(C(=O)O)N(CC(=O)O)CC(=O)O)/C=C1\Sc2ccccc2N1C. The number of unbranched alkanes of at least 4 members (excludes halogenated alkanes) is 3. The number of carbonyl (C=O) groups excluding carboxylic acids is 5. The molecule has 1 aliphatic rings. The first-order chi connectivity index (χ1) is 54.4. The van der Waals surface area contributed by atoms with Crippen LogP contribution in [0, 0.1) is 6.92 Å². The zero-order chi connectivity index (χ0) is 84.2. The van der Waals surface area contributed by atoms with Crippen molar-refractivity contribution in [1.29, 1.82) is 0 Å². The number of amides is 5. The number of aliphatic imine (C=N–C) groups is 1. The highest BCUT2D eigenvalue weighted by Crippen LogP contribution is 2.45. The first kappa shape index (κ1) is 98.2. The van der Waals surface area contributed by atoms with Crippen molar-refractivity contribution in [2.75, 3.05) is 163 Å². The summed E-state index contributed by atoms with van der Waals surface area (Å²) in [4.78, 5) is 180. The van der Waals surface area contributed by atoms with E-state index >= 15 is 0 Å². The number of allylic oxidation sites excluding steroid dienone is 3. The Balaban J connectivity index is 1.64. The Bertz CT molecular complexity index is 3300. The number of ether oxygens (including phenoxy) is 6. The summed E-state index contributed by atoms with van der Waals surface area (Å²) in [6.45, 7) is -3.95. The fourth-order valence-corrected chi connectivity index (χ4v) is 12.5. The third-order valence-corrected chi connectivity index (χ3v) is 18.1. The maximum absolute atomic E-state index is 13.9. The van der Waals surface area contributed by atoms with Crippen LogP contribution in [0.5, 0.6) is 0 Å². The molecule has 0 radical (unpaired) electrons. The number of aryl methyl sites for hydroxylation is 1. The van der Waals surface area contributed by atoms with E-state index in [0.717, 1.165) is 42.1 Å². The van der Waals surface area contributed by atoms with Crippen molar-refractivity contribution in [2.45, 2.75) is 125 Å². The molecule has 0 fully saturated rings. The summed E-state index contributed by atoms with van der Waals surface area (Å²) in [6, 6.07) is 11.9. The fourth-order valence-electron chi connectivity index (χ4n) is 11.4. The number of benzene rings is 2. The fraction of sp³-hybridized carbons (Fsp3) is 0.581. The van der Waals surface area contributed by atoms with Crippen LogP contribution in [-0.4, -0.2) is 332 Å². The third kappa shape index (κ3) is 42.7. The molecule has 3 unspecified atom stereocenters. The van der Waals surface area contributed by atoms with E-state index in [1.54, 1.807) is 18.0 Å². The number of aliphatic carboxylic acids is 9. The van der Waals surface area contributed by atoms with Crippen LogP contribution in [0.1, 0.15) is 101 Å². The lowest BCUT2D eigenvalue weighted by Crippen LogP contribution is -2.59. The lowest BCUT2D eigenvalue weighted by Gasteiger charge is -2.34. The second-order valence-electron chi connectivity index (χ2n) is 26.2. The highest BCUT2D eigenvalue weighted by Gasteiger charge is 2.36. The number of anilines is 1. The minimum atomic E-state index is -1.63. The van der Waals surface area contributed by atoms with E-state index in [1.807, 2.05) is 50.4 Å². The van der Waals surface area contributed by atoms with Gasteiger partial charge in [0.05, 0.1) is 129 Å². The number of thioether (sulfide) groups is 1. The van der Waals surface area contributed by atoms with Crippen LogP contribution in [0.3, 0.4) is 0 Å². The van der Waals surface area contributed by atoms with Crippen molar-refractivity contribution in [2.24, 2.45) is 4.99 Å². The lowest BCUT2D eigenvalue weighted by molar-refractivity contribution is -0.152. The van der Waals surface area contributed by atoms with Gasteiger partial charge in [0.15, 0.2) is 0 Å². The van der Waals surface area contributed by atoms with E-state index in [0.29, 0.717) is 0 Å². The summed E-state index contributed by atoms with van der Waals surface area (Å²) >= 11 is 1.69. The van der Waals surface area contributed by atoms with Gasteiger partial charge in [0, 0.05) is 83.0 Å². The van der Waals surface area contributed by atoms with E-state index in [4.69, 9.17) is 28.4 Å². The van der Waals surface area contributed by atoms with Gasteiger partial charge in [-0.25, -0.2) is 0 Å². The van der Waals surface area contributed by atoms with Gasteiger partial charge < -0.3 is 106 Å². The monoisotopic (exact) mass is 1630 g/mol. The first-order valence-electron chi connectivity index (χ1n) is 36.9. The van der Waals surface area contributed by atoms with E-state index in [-0.39, 0.29) is 188 Å². The molecule has 114 heavy (non-hydrogen) atoms. The van der Waals surface area contributed by atoms with Crippen LogP contribution >= 0.6 is 11.8 Å². The number of para-hydroxylation sites is 1. The number of carboxylic acid groups (broad SMARTS) is 9. The van der Waals surface area contributed by atoms with Crippen molar-refractivity contribution in [3.8, 4) is 0 Å². The summed E-state index contributed by atoms with van der Waals surface area (Å²) in [5.41, 5.74) is 2.64. The summed E-state index contributed by atoms with van der Waals surface area (Å²) in [6.07, 6.45) is 5.50. The van der Waals surface area contributed by atoms with Gasteiger partial charge in [-0.1, -0.05) is 48.2 Å². The second kappa shape index (κ2) is 56.2. The number of carboxylic acids is 9. The molecule has 40 heteroatoms. The zero-order valence-electron chi connectivity index (χ0n) is 64.1. The molecule has 1 aliphatic heterocycles. The van der Waals surface area contributed by atoms with Gasteiger partial charge in [0.2, 0.25) is 29.5 Å². The molecule has 0 bridgehead atoms. The van der Waals surface area contributed by atoms with Crippen LogP contribution in [0.25, 0.3) is 5.57 Å². The smallest absolute Gasteiger partial charge is 0.320 e. The van der Waals surface area contributed by atoms with Crippen molar-refractivity contribution >= 4 is 112 Å². The van der Waals surface area contributed by atoms with Gasteiger partial charge in [-0.15, -0.1) is 0 Å². The van der Waals surface area contributed by atoms with E-state index in [1.165, 1.54) is 4.90 Å². The summed E-state index contributed by atoms with van der Waals surface area (Å²) in [5, 5.41) is 99.3. The minimum Gasteiger partial charge on any atom is -0.480 e. The Labute approximate surface area is 663 Å². The molecule has 0 aromatic heterocycles. The molecule has 634 valence electrons. The topological polar surface area (TPSA) is 562 Å². The number of carbonyl (C=O) groups is 14. The Morgan fingerprint density at radius 2 is 0.807 bits per heavy atom. The summed E-state index contributed by atoms with van der Waals surface area (Å²) in [5.74, 6) is -15.3. The molecule has 3 rings (SSSR count). The Kier molecular flexibility index (Phi) is 48.4. The third-order valence-electron chi connectivity index (χ3n) is 17.0. The Morgan fingerprint density at radius 1 is 0.447 bits per heavy atom. The predicted molar refractivity (Wildman–Crippen MR) is 409 cm³/mol. The minimum absolute atomic E-state index is 0.0279. The first-order valence-corrected chi connectivity index (χ1v) is 37.8. The standard InChI is InChI=1S/C74H108N10O29S/c1-51-13-3-4-14-53(51)52(41-64-81(2)54-15-5-6-19-58(54)114-64)20-29-75-30-21-59(85)79-31-36-109-38-40-110-39-37-108-32-25-63(89)80-74(48-111-33-22-60(86)76-26-10-7-16-55(71(102)103)82(42-65(90)91)43-66(92)93,49-112-34-23-61(87)77-27-11-8-17-56(72(104)105)83(44-67(94)95)45-68(96)97)50-113-35-24-62(88)78-28-12-9-18-57(73(106)107)84(46-69(98)99)47-70(100)101/h3-6,13-15,19-20,29,41,55-57H,7-12,16-18,21-28,30-40,42-50H2,1-2H3,(H,76,86)(H,77,87)(H,78,88)(H,79,85)(H,80,89)(H,90,91)(H,92,93)(H,94,95)(H,96,97)(H,98,99)(H,100,101)(H,102,103)(H,104,105)(H,106,107)/b52-20-,64-41-,75-29+. The lowest BCUT2D eigenvalue weighted by atomic mass is 10.0. The Hall–Kier alpha value is -10.0. The van der Waals surface area contributed by atoms with Gasteiger partial charge in [-0.2, -0.15) is 0 Å². The molecule has 0 spiro atoms. The average molecular weight is 1630 g/mol. The maximum Gasteiger partial charge on any atom is 0.320 e. The number of rotatable bonds is 67. The molecule has 1 heterocycles. The van der Waals surface area contributed by atoms with Gasteiger partial charge in [-0.3, -0.25) is 86.8 Å². The Morgan fingerprint density at radius 3 is 1.21 bits per heavy atom. The van der Waals surface area contributed by atoms with Crippen LogP contribution in [0.4, 0.5) is 5.69 Å². The van der Waals surface area contributed by atoms with Gasteiger partial charge in [-0.05, 0) is 106 Å². The largest absolute Gasteiger partial charge is 0.480 e. The average Bonchev–Trinajstić information content (AvgIpc) is 1.65. The van der Waals surface area contributed by atoms with E-state index < -0.39 is 160 Å². The van der Waals surface area contributed by atoms with Gasteiger partial charge >= 0.3 is 53.7 Å². The molecular formula is C74H108N10O29S. The van der Waals surface area contributed by atoms with Gasteiger partial charge in [0.1, 0.15) is 23.7 Å². The number of nitrogens with one attached hydrogen (secondary N) is 5. The number of fused-ring (bicyclic) bond motifs is 1. The van der Waals surface area contributed by atoms with Crippen molar-refractivity contribution < 1.29 is 142 Å². The van der Waals surface area contributed by atoms with Crippen molar-refractivity contribution in [3.63, 3.8) is 0 Å². The number of nitrogens with zero attached hydrogens (tertiary/aromatic N) is 5. The molecular weight excluding hydrogens is 1520 g/mol. The van der Waals surface area contributed by atoms with Gasteiger partial charge in [0.25, 0.3) is 0 Å². The zero-order valence-corrected chi connectivity index (χ0v) is 64.9. The molecule has 14 N–H and O–H groups in total. The number of hydrogen-bond donors (Lipinski definition) is 14.